The lowest BCUT2D eigenvalue weighted by atomic mass is 9.96. The van der Waals surface area contributed by atoms with E-state index in [0.717, 1.165) is 59.7 Å². The Hall–Kier alpha value is -3.81. The molecule has 0 saturated carbocycles. The van der Waals surface area contributed by atoms with Crippen molar-refractivity contribution in [1.29, 1.82) is 0 Å². The van der Waals surface area contributed by atoms with Crippen molar-refractivity contribution in [2.75, 3.05) is 23.3 Å². The van der Waals surface area contributed by atoms with Crippen LogP contribution in [0.25, 0.3) is 16.7 Å². The number of carbonyl (C=O) groups excluding carboxylic acids is 1. The molecule has 8 nitrogen and oxygen atoms in total. The molecular weight excluding hydrogens is 402 g/mol. The van der Waals surface area contributed by atoms with Crippen molar-refractivity contribution in [2.24, 2.45) is 5.92 Å². The number of nitrogens with one attached hydrogen (secondary N) is 1. The minimum absolute atomic E-state index is 0.0281. The van der Waals surface area contributed by atoms with Gasteiger partial charge in [-0.05, 0) is 57.0 Å². The second-order valence-electron chi connectivity index (χ2n) is 8.26. The Morgan fingerprint density at radius 2 is 1.75 bits per heavy atom. The van der Waals surface area contributed by atoms with Crippen LogP contribution in [0.2, 0.25) is 0 Å². The molecule has 0 spiro atoms. The Morgan fingerprint density at radius 1 is 1.00 bits per heavy atom. The van der Waals surface area contributed by atoms with Gasteiger partial charge in [-0.25, -0.2) is 4.68 Å². The number of anilines is 2. The first-order valence-corrected chi connectivity index (χ1v) is 10.8. The van der Waals surface area contributed by atoms with Gasteiger partial charge >= 0.3 is 0 Å². The Balaban J connectivity index is 1.20. The minimum atomic E-state index is -0.0281. The molecule has 1 aromatic carbocycles. The molecule has 1 amide bonds. The van der Waals surface area contributed by atoms with Crippen LogP contribution in [0.4, 0.5) is 11.5 Å². The van der Waals surface area contributed by atoms with Crippen LogP contribution in [0, 0.1) is 19.8 Å². The van der Waals surface area contributed by atoms with Crippen LogP contribution < -0.4 is 10.2 Å². The third kappa shape index (κ3) is 4.03. The zero-order chi connectivity index (χ0) is 22.1. The number of benzene rings is 1. The summed E-state index contributed by atoms with van der Waals surface area (Å²) in [4.78, 5) is 19.4. The molecule has 1 aliphatic rings. The van der Waals surface area contributed by atoms with E-state index >= 15 is 0 Å². The summed E-state index contributed by atoms with van der Waals surface area (Å²) in [5.74, 6) is 1.55. The normalized spacial score (nSPS) is 14.6. The zero-order valence-electron chi connectivity index (χ0n) is 18.2. The molecule has 4 aromatic rings. The SMILES string of the molecule is Cc1cc(C)n(-c2ccc(N3CCC(C(=O)Nc4cnc5ccccc5c4)CC3)nn2)n1. The number of nitrogens with zero attached hydrogens (tertiary/aromatic N) is 6. The molecule has 3 aromatic heterocycles. The Morgan fingerprint density at radius 3 is 2.47 bits per heavy atom. The van der Waals surface area contributed by atoms with Gasteiger partial charge in [0.15, 0.2) is 11.6 Å². The summed E-state index contributed by atoms with van der Waals surface area (Å²) >= 11 is 0. The molecule has 0 atom stereocenters. The third-order valence-corrected chi connectivity index (χ3v) is 5.91. The molecule has 162 valence electrons. The summed E-state index contributed by atoms with van der Waals surface area (Å²) in [6.07, 6.45) is 3.26. The number of amides is 1. The van der Waals surface area contributed by atoms with E-state index in [1.165, 1.54) is 0 Å². The number of aromatic nitrogens is 5. The van der Waals surface area contributed by atoms with Crippen molar-refractivity contribution in [3.05, 3.63) is 66.1 Å². The van der Waals surface area contributed by atoms with E-state index in [4.69, 9.17) is 0 Å². The average molecular weight is 428 g/mol. The average Bonchev–Trinajstić information content (AvgIpc) is 3.17. The molecule has 0 bridgehead atoms. The van der Waals surface area contributed by atoms with E-state index < -0.39 is 0 Å². The summed E-state index contributed by atoms with van der Waals surface area (Å²) in [5.41, 5.74) is 3.64. The topological polar surface area (TPSA) is 88.8 Å². The first-order valence-electron chi connectivity index (χ1n) is 10.8. The maximum absolute atomic E-state index is 12.8. The van der Waals surface area contributed by atoms with E-state index in [9.17, 15) is 4.79 Å². The molecule has 8 heteroatoms. The molecule has 4 heterocycles. The lowest BCUT2D eigenvalue weighted by Crippen LogP contribution is -2.38. The van der Waals surface area contributed by atoms with Crippen molar-refractivity contribution in [3.8, 4) is 5.82 Å². The maximum Gasteiger partial charge on any atom is 0.227 e. The Bertz CT molecular complexity index is 1260. The third-order valence-electron chi connectivity index (χ3n) is 5.91. The molecule has 5 rings (SSSR count). The predicted octanol–water partition coefficient (Wildman–Crippen LogP) is 3.68. The Kier molecular flexibility index (Phi) is 5.26. The van der Waals surface area contributed by atoms with Gasteiger partial charge in [-0.1, -0.05) is 18.2 Å². The summed E-state index contributed by atoms with van der Waals surface area (Å²) in [7, 11) is 0. The van der Waals surface area contributed by atoms with Gasteiger partial charge in [0, 0.05) is 30.1 Å². The highest BCUT2D eigenvalue weighted by molar-refractivity contribution is 5.94. The van der Waals surface area contributed by atoms with Gasteiger partial charge in [-0.2, -0.15) is 5.10 Å². The first-order chi connectivity index (χ1) is 15.6. The number of rotatable bonds is 4. The quantitative estimate of drug-likeness (QED) is 0.534. The molecule has 1 aliphatic heterocycles. The molecule has 32 heavy (non-hydrogen) atoms. The van der Waals surface area contributed by atoms with Crippen LogP contribution in [0.15, 0.2) is 54.7 Å². The highest BCUT2D eigenvalue weighted by atomic mass is 16.1. The van der Waals surface area contributed by atoms with Gasteiger partial charge in [0.1, 0.15) is 0 Å². The van der Waals surface area contributed by atoms with Gasteiger partial charge < -0.3 is 10.2 Å². The summed E-state index contributed by atoms with van der Waals surface area (Å²) in [6, 6.07) is 15.8. The number of fused-ring (bicyclic) bond motifs is 1. The van der Waals surface area contributed by atoms with Crippen molar-refractivity contribution >= 4 is 28.3 Å². The molecule has 1 fully saturated rings. The van der Waals surface area contributed by atoms with Crippen molar-refractivity contribution in [1.82, 2.24) is 25.0 Å². The molecular formula is C24H25N7O. The molecule has 0 radical (unpaired) electrons. The summed E-state index contributed by atoms with van der Waals surface area (Å²) < 4.78 is 1.80. The van der Waals surface area contributed by atoms with Crippen LogP contribution in [0.5, 0.6) is 0 Å². The van der Waals surface area contributed by atoms with E-state index in [1.54, 1.807) is 10.9 Å². The van der Waals surface area contributed by atoms with E-state index in [0.29, 0.717) is 5.82 Å². The highest BCUT2D eigenvalue weighted by Crippen LogP contribution is 2.24. The number of piperidine rings is 1. The fourth-order valence-electron chi connectivity index (χ4n) is 4.22. The van der Waals surface area contributed by atoms with Gasteiger partial charge in [0.25, 0.3) is 0 Å². The number of pyridine rings is 1. The predicted molar refractivity (Wildman–Crippen MR) is 124 cm³/mol. The smallest absolute Gasteiger partial charge is 0.227 e. The molecule has 0 aliphatic carbocycles. The standard InChI is InChI=1S/C24H25N7O/c1-16-13-17(2)31(29-16)23-8-7-22(27-28-23)30-11-9-18(10-12-30)24(32)26-20-14-19-5-3-4-6-21(19)25-15-20/h3-8,13-15,18H,9-12H2,1-2H3,(H,26,32). The lowest BCUT2D eigenvalue weighted by molar-refractivity contribution is -0.120. The molecule has 0 unspecified atom stereocenters. The Labute approximate surface area is 186 Å². The molecule has 1 saturated heterocycles. The van der Waals surface area contributed by atoms with Crippen LogP contribution >= 0.6 is 0 Å². The van der Waals surface area contributed by atoms with E-state index in [-0.39, 0.29) is 11.8 Å². The number of hydrogen-bond donors (Lipinski definition) is 1. The van der Waals surface area contributed by atoms with Crippen molar-refractivity contribution in [2.45, 2.75) is 26.7 Å². The molecule has 1 N–H and O–H groups in total. The summed E-state index contributed by atoms with van der Waals surface area (Å²) in [5, 5.41) is 17.3. The number of para-hydroxylation sites is 1. The monoisotopic (exact) mass is 427 g/mol. The number of hydrogen-bond acceptors (Lipinski definition) is 6. The maximum atomic E-state index is 12.8. The number of aryl methyl sites for hydroxylation is 2. The van der Waals surface area contributed by atoms with Crippen molar-refractivity contribution < 1.29 is 4.79 Å². The minimum Gasteiger partial charge on any atom is -0.355 e. The fraction of sp³-hybridized carbons (Fsp3) is 0.292. The van der Waals surface area contributed by atoms with Crippen LogP contribution in [0.3, 0.4) is 0 Å². The van der Waals surface area contributed by atoms with E-state index in [2.05, 4.69) is 30.5 Å². The lowest BCUT2D eigenvalue weighted by Gasteiger charge is -2.31. The number of carbonyl (C=O) groups is 1. The van der Waals surface area contributed by atoms with E-state index in [1.807, 2.05) is 62.4 Å². The first kappa shape index (κ1) is 20.1. The van der Waals surface area contributed by atoms with Crippen molar-refractivity contribution in [3.63, 3.8) is 0 Å². The van der Waals surface area contributed by atoms with Crippen LogP contribution in [-0.2, 0) is 4.79 Å². The second kappa shape index (κ2) is 8.37. The summed E-state index contributed by atoms with van der Waals surface area (Å²) in [6.45, 7) is 5.49. The highest BCUT2D eigenvalue weighted by Gasteiger charge is 2.26. The van der Waals surface area contributed by atoms with Crippen LogP contribution in [-0.4, -0.2) is 44.0 Å². The van der Waals surface area contributed by atoms with Gasteiger partial charge in [0.05, 0.1) is 23.1 Å². The van der Waals surface area contributed by atoms with Gasteiger partial charge in [0.2, 0.25) is 5.91 Å². The largest absolute Gasteiger partial charge is 0.355 e. The second-order valence-corrected chi connectivity index (χ2v) is 8.26. The zero-order valence-corrected chi connectivity index (χ0v) is 18.2. The fourth-order valence-corrected chi connectivity index (χ4v) is 4.22. The van der Waals surface area contributed by atoms with Gasteiger partial charge in [-0.15, -0.1) is 10.2 Å². The van der Waals surface area contributed by atoms with Gasteiger partial charge in [-0.3, -0.25) is 9.78 Å². The van der Waals surface area contributed by atoms with Crippen LogP contribution in [0.1, 0.15) is 24.2 Å².